The van der Waals surface area contributed by atoms with Gasteiger partial charge in [-0.1, -0.05) is 92.6 Å². The molecule has 0 saturated heterocycles. The van der Waals surface area contributed by atoms with E-state index in [0.29, 0.717) is 0 Å². The third kappa shape index (κ3) is 10.3. The molecule has 2 aromatic rings. The van der Waals surface area contributed by atoms with Crippen LogP contribution < -0.4 is 0 Å². The summed E-state index contributed by atoms with van der Waals surface area (Å²) in [5.74, 6) is 0. The molecule has 0 amide bonds. The van der Waals surface area contributed by atoms with Crippen molar-refractivity contribution in [3.63, 3.8) is 0 Å². The second-order valence-corrected chi connectivity index (χ2v) is 4.41. The van der Waals surface area contributed by atoms with Gasteiger partial charge in [-0.3, -0.25) is 0 Å². The molecule has 116 valence electrons. The van der Waals surface area contributed by atoms with Crippen LogP contribution in [-0.4, -0.2) is 0 Å². The van der Waals surface area contributed by atoms with Gasteiger partial charge in [-0.05, 0) is 23.1 Å². The van der Waals surface area contributed by atoms with Gasteiger partial charge in [0.2, 0.25) is 0 Å². The van der Waals surface area contributed by atoms with E-state index < -0.39 is 0 Å². The van der Waals surface area contributed by atoms with E-state index >= 15 is 0 Å². The zero-order valence-corrected chi connectivity index (χ0v) is 13.5. The lowest BCUT2D eigenvalue weighted by Crippen LogP contribution is -1.78. The van der Waals surface area contributed by atoms with Gasteiger partial charge in [0.25, 0.3) is 0 Å². The number of rotatable bonds is 4. The predicted molar refractivity (Wildman–Crippen MR) is 103 cm³/mol. The van der Waals surface area contributed by atoms with Crippen LogP contribution >= 0.6 is 0 Å². The lowest BCUT2D eigenvalue weighted by atomic mass is 10.1. The molecule has 0 aromatic heterocycles. The number of hydrogen-bond acceptors (Lipinski definition) is 1. The van der Waals surface area contributed by atoms with Crippen molar-refractivity contribution in [2.75, 3.05) is 0 Å². The van der Waals surface area contributed by atoms with E-state index in [-0.39, 0.29) is 0 Å². The Balaban J connectivity index is 0.000000354. The fourth-order valence-electron chi connectivity index (χ4n) is 1.56. The summed E-state index contributed by atoms with van der Waals surface area (Å²) in [4.78, 5) is 0. The Morgan fingerprint density at radius 1 is 0.913 bits per heavy atom. The first-order chi connectivity index (χ1) is 11.2. The zero-order valence-electron chi connectivity index (χ0n) is 13.5. The molecule has 0 aliphatic carbocycles. The molecule has 1 nitrogen and oxygen atoms in total. The van der Waals surface area contributed by atoms with Gasteiger partial charge in [0, 0.05) is 6.08 Å². The Labute approximate surface area is 140 Å². The van der Waals surface area contributed by atoms with Crippen LogP contribution in [0.5, 0.6) is 0 Å². The van der Waals surface area contributed by atoms with Gasteiger partial charge in [-0.25, -0.2) is 0 Å². The summed E-state index contributed by atoms with van der Waals surface area (Å²) < 4.78 is 0. The highest BCUT2D eigenvalue weighted by molar-refractivity contribution is 5.64. The van der Waals surface area contributed by atoms with Crippen molar-refractivity contribution < 1.29 is 0 Å². The van der Waals surface area contributed by atoms with E-state index in [2.05, 4.69) is 38.4 Å². The Morgan fingerprint density at radius 2 is 1.39 bits per heavy atom. The minimum Gasteiger partial charge on any atom is -0.193 e. The van der Waals surface area contributed by atoms with Crippen molar-refractivity contribution in [3.05, 3.63) is 110 Å². The second kappa shape index (κ2) is 13.9. The van der Waals surface area contributed by atoms with Crippen molar-refractivity contribution in [3.8, 4) is 6.07 Å². The quantitative estimate of drug-likeness (QED) is 0.480. The van der Waals surface area contributed by atoms with Crippen LogP contribution in [0.2, 0.25) is 0 Å². The molecule has 0 atom stereocenters. The molecule has 0 heterocycles. The first kappa shape index (κ1) is 19.9. The molecule has 0 aliphatic heterocycles. The van der Waals surface area contributed by atoms with Gasteiger partial charge in [0.1, 0.15) is 0 Å². The maximum absolute atomic E-state index is 7.51. The van der Waals surface area contributed by atoms with Crippen LogP contribution in [0.15, 0.2) is 99.1 Å². The molecule has 0 spiro atoms. The molecule has 0 radical (unpaired) electrons. The predicted octanol–water partition coefficient (Wildman–Crippen LogP) is 6.30. The molecule has 0 bridgehead atoms. The van der Waals surface area contributed by atoms with Gasteiger partial charge in [0.05, 0.1) is 6.07 Å². The molecular formula is C22H23N. The third-order valence-electron chi connectivity index (χ3n) is 2.70. The molecule has 0 unspecified atom stereocenters. The van der Waals surface area contributed by atoms with E-state index in [1.54, 1.807) is 6.07 Å². The second-order valence-electron chi connectivity index (χ2n) is 4.41. The molecular weight excluding hydrogens is 278 g/mol. The highest BCUT2D eigenvalue weighted by atomic mass is 14.2. The van der Waals surface area contributed by atoms with E-state index in [1.165, 1.54) is 17.2 Å². The Kier molecular flexibility index (Phi) is 12.0. The normalized spacial score (nSPS) is 7.96. The average Bonchev–Trinajstić information content (AvgIpc) is 2.64. The van der Waals surface area contributed by atoms with Crippen LogP contribution in [0, 0.1) is 11.3 Å². The van der Waals surface area contributed by atoms with E-state index in [4.69, 9.17) is 5.26 Å². The number of allylic oxidation sites excluding steroid dienone is 3. The largest absolute Gasteiger partial charge is 0.193 e. The van der Waals surface area contributed by atoms with Crippen molar-refractivity contribution in [1.29, 1.82) is 5.26 Å². The van der Waals surface area contributed by atoms with Crippen molar-refractivity contribution in [2.45, 2.75) is 6.42 Å². The maximum Gasteiger partial charge on any atom is 0.0905 e. The fourth-order valence-corrected chi connectivity index (χ4v) is 1.56. The maximum atomic E-state index is 7.51. The van der Waals surface area contributed by atoms with E-state index in [0.717, 1.165) is 12.0 Å². The van der Waals surface area contributed by atoms with Crippen LogP contribution in [0.1, 0.15) is 17.5 Å². The van der Waals surface area contributed by atoms with Gasteiger partial charge in [-0.15, -0.1) is 6.58 Å². The molecule has 23 heavy (non-hydrogen) atoms. The summed E-state index contributed by atoms with van der Waals surface area (Å²) in [6, 6.07) is 21.9. The fraction of sp³-hybridized carbons (Fsp3) is 0.0455. The van der Waals surface area contributed by atoms with Gasteiger partial charge in [0.15, 0.2) is 0 Å². The molecule has 0 aliphatic rings. The number of nitriles is 1. The van der Waals surface area contributed by atoms with E-state index in [9.17, 15) is 0 Å². The first-order valence-corrected chi connectivity index (χ1v) is 7.21. The molecule has 0 saturated carbocycles. The molecule has 2 aromatic carbocycles. The third-order valence-corrected chi connectivity index (χ3v) is 2.70. The van der Waals surface area contributed by atoms with Gasteiger partial charge < -0.3 is 0 Å². The van der Waals surface area contributed by atoms with Crippen LogP contribution in [0.4, 0.5) is 0 Å². The van der Waals surface area contributed by atoms with Gasteiger partial charge in [-0.2, -0.15) is 5.26 Å². The number of hydrogen-bond donors (Lipinski definition) is 0. The summed E-state index contributed by atoms with van der Waals surface area (Å²) in [6.45, 7) is 14.4. The Hall–Kier alpha value is -3.11. The lowest BCUT2D eigenvalue weighted by Gasteiger charge is -2.00. The van der Waals surface area contributed by atoms with E-state index in [1.807, 2.05) is 60.7 Å². The zero-order chi connectivity index (χ0) is 17.3. The smallest absolute Gasteiger partial charge is 0.0905 e. The summed E-state index contributed by atoms with van der Waals surface area (Å²) in [5, 5.41) is 7.51. The van der Waals surface area contributed by atoms with Crippen LogP contribution in [-0.2, 0) is 0 Å². The Bertz CT molecular complexity index is 631. The highest BCUT2D eigenvalue weighted by Gasteiger charge is 1.92. The monoisotopic (exact) mass is 301 g/mol. The molecule has 1 heteroatoms. The summed E-state index contributed by atoms with van der Waals surface area (Å²) in [6.07, 6.45) is 5.75. The van der Waals surface area contributed by atoms with Crippen molar-refractivity contribution >= 4 is 11.6 Å². The minimum atomic E-state index is 0.865. The molecule has 2 rings (SSSR count). The molecule has 0 fully saturated rings. The first-order valence-electron chi connectivity index (χ1n) is 7.21. The summed E-state index contributed by atoms with van der Waals surface area (Å²) in [5.41, 5.74) is 3.50. The van der Waals surface area contributed by atoms with Crippen molar-refractivity contribution in [2.24, 2.45) is 0 Å². The average molecular weight is 301 g/mol. The van der Waals surface area contributed by atoms with Crippen LogP contribution in [0.25, 0.3) is 11.6 Å². The Morgan fingerprint density at radius 3 is 1.74 bits per heavy atom. The summed E-state index contributed by atoms with van der Waals surface area (Å²) in [7, 11) is 0. The topological polar surface area (TPSA) is 23.8 Å². The number of nitrogens with zero attached hydrogens (tertiary/aromatic N) is 1. The molecule has 0 N–H and O–H groups in total. The number of benzene rings is 2. The van der Waals surface area contributed by atoms with Crippen LogP contribution in [0.3, 0.4) is 0 Å². The highest BCUT2D eigenvalue weighted by Crippen LogP contribution is 2.14. The standard InChI is InChI=1S/C11H12.C8H8.C3H3N/c1-3-7-10(2)11-8-5-4-6-9-11;1-2-8-6-4-3-5-7-8;1-2-3-4/h3-6,8-9H,1-2,7H2;2-7H,1H2;2H,1H2. The minimum absolute atomic E-state index is 0.865. The van der Waals surface area contributed by atoms with Gasteiger partial charge >= 0.3 is 0 Å². The SMILES string of the molecule is C=CC#N.C=CCC(=C)c1ccccc1.C=Cc1ccccc1. The lowest BCUT2D eigenvalue weighted by molar-refractivity contribution is 1.41. The summed E-state index contributed by atoms with van der Waals surface area (Å²) >= 11 is 0. The van der Waals surface area contributed by atoms with Crippen molar-refractivity contribution in [1.82, 2.24) is 0 Å².